The van der Waals surface area contributed by atoms with Gasteiger partial charge in [0.25, 0.3) is 0 Å². The fourth-order valence-corrected chi connectivity index (χ4v) is 3.12. The lowest BCUT2D eigenvalue weighted by molar-refractivity contribution is -0.143. The van der Waals surface area contributed by atoms with E-state index in [1.54, 1.807) is 28.2 Å². The van der Waals surface area contributed by atoms with Crippen molar-refractivity contribution < 1.29 is 14.7 Å². The van der Waals surface area contributed by atoms with Gasteiger partial charge in [0.1, 0.15) is 0 Å². The number of hydrogen-bond donors (Lipinski definition) is 1. The predicted molar refractivity (Wildman–Crippen MR) is 78.0 cm³/mol. The van der Waals surface area contributed by atoms with Crippen molar-refractivity contribution in [1.82, 2.24) is 9.80 Å². The number of carboxylic acid groups (broad SMARTS) is 1. The normalized spacial score (nSPS) is 18.9. The van der Waals surface area contributed by atoms with Gasteiger partial charge in [-0.25, -0.2) is 4.79 Å². The summed E-state index contributed by atoms with van der Waals surface area (Å²) < 4.78 is 0. The molecule has 5 nitrogen and oxygen atoms in total. The van der Waals surface area contributed by atoms with Crippen molar-refractivity contribution in [2.45, 2.75) is 19.3 Å². The third kappa shape index (κ3) is 3.72. The van der Waals surface area contributed by atoms with Crippen molar-refractivity contribution in [1.29, 1.82) is 0 Å². The van der Waals surface area contributed by atoms with E-state index >= 15 is 0 Å². The first kappa shape index (κ1) is 14.8. The number of carboxylic acids is 1. The van der Waals surface area contributed by atoms with E-state index in [0.717, 1.165) is 12.8 Å². The van der Waals surface area contributed by atoms with Crippen LogP contribution < -0.4 is 0 Å². The molecular formula is C14H20N2O3S. The summed E-state index contributed by atoms with van der Waals surface area (Å²) in [7, 11) is 1.78. The number of piperidine rings is 1. The predicted octanol–water partition coefficient (Wildman–Crippen LogP) is 2.14. The first-order valence-corrected chi connectivity index (χ1v) is 7.71. The fraction of sp³-hybridized carbons (Fsp3) is 0.571. The maximum absolute atomic E-state index is 12.3. The van der Waals surface area contributed by atoms with Gasteiger partial charge in [0, 0.05) is 31.6 Å². The van der Waals surface area contributed by atoms with Gasteiger partial charge in [0.05, 0.1) is 5.92 Å². The SMILES string of the molecule is CN(CCc1cccs1)C(=O)N1CCCC(C(=O)O)C1. The standard InChI is InChI=1S/C14H20N2O3S/c1-15(8-6-12-5-3-9-20-12)14(19)16-7-2-4-11(10-16)13(17)18/h3,5,9,11H,2,4,6-8,10H2,1H3,(H,17,18). The second kappa shape index (κ2) is 6.74. The number of rotatable bonds is 4. The summed E-state index contributed by atoms with van der Waals surface area (Å²) in [6, 6.07) is 4.00. The molecule has 1 saturated heterocycles. The Bertz CT molecular complexity index is 461. The Kier molecular flexibility index (Phi) is 5.00. The molecule has 0 radical (unpaired) electrons. The lowest BCUT2D eigenvalue weighted by atomic mass is 9.99. The van der Waals surface area contributed by atoms with Crippen molar-refractivity contribution >= 4 is 23.3 Å². The van der Waals surface area contributed by atoms with Crippen LogP contribution in [0.2, 0.25) is 0 Å². The van der Waals surface area contributed by atoms with Crippen molar-refractivity contribution in [2.24, 2.45) is 5.92 Å². The molecule has 0 bridgehead atoms. The molecule has 0 aliphatic carbocycles. The van der Waals surface area contributed by atoms with Crippen LogP contribution in [0, 0.1) is 5.92 Å². The number of likely N-dealkylation sites (N-methyl/N-ethyl adjacent to an activating group) is 1. The van der Waals surface area contributed by atoms with E-state index in [0.29, 0.717) is 26.1 Å². The van der Waals surface area contributed by atoms with E-state index in [4.69, 9.17) is 5.11 Å². The summed E-state index contributed by atoms with van der Waals surface area (Å²) >= 11 is 1.69. The van der Waals surface area contributed by atoms with Gasteiger partial charge in [0.15, 0.2) is 0 Å². The maximum Gasteiger partial charge on any atom is 0.319 e. The van der Waals surface area contributed by atoms with Crippen molar-refractivity contribution in [2.75, 3.05) is 26.7 Å². The molecular weight excluding hydrogens is 276 g/mol. The lowest BCUT2D eigenvalue weighted by Gasteiger charge is -2.33. The summed E-state index contributed by atoms with van der Waals surface area (Å²) in [4.78, 5) is 27.9. The summed E-state index contributed by atoms with van der Waals surface area (Å²) in [6.45, 7) is 1.65. The molecule has 2 heterocycles. The van der Waals surface area contributed by atoms with Gasteiger partial charge in [-0.05, 0) is 30.7 Å². The second-order valence-corrected chi connectivity index (χ2v) is 6.19. The Balaban J connectivity index is 1.84. The molecule has 6 heteroatoms. The average Bonchev–Trinajstić information content (AvgIpc) is 2.97. The second-order valence-electron chi connectivity index (χ2n) is 5.16. The largest absolute Gasteiger partial charge is 0.481 e. The van der Waals surface area contributed by atoms with Gasteiger partial charge in [-0.2, -0.15) is 0 Å². The minimum absolute atomic E-state index is 0.0625. The molecule has 2 amide bonds. The fourth-order valence-electron chi connectivity index (χ4n) is 2.42. The van der Waals surface area contributed by atoms with Gasteiger partial charge in [-0.3, -0.25) is 4.79 Å². The first-order valence-electron chi connectivity index (χ1n) is 6.83. The molecule has 1 aliphatic heterocycles. The van der Waals surface area contributed by atoms with E-state index in [2.05, 4.69) is 6.07 Å². The molecule has 1 aromatic rings. The molecule has 1 aromatic heterocycles. The van der Waals surface area contributed by atoms with E-state index in [9.17, 15) is 9.59 Å². The van der Waals surface area contributed by atoms with Gasteiger partial charge in [-0.15, -0.1) is 11.3 Å². The number of likely N-dealkylation sites (tertiary alicyclic amines) is 1. The van der Waals surface area contributed by atoms with Crippen LogP contribution >= 0.6 is 11.3 Å². The minimum Gasteiger partial charge on any atom is -0.481 e. The van der Waals surface area contributed by atoms with Crippen molar-refractivity contribution in [3.05, 3.63) is 22.4 Å². The first-order chi connectivity index (χ1) is 9.58. The number of amides is 2. The van der Waals surface area contributed by atoms with Crippen LogP contribution in [0.4, 0.5) is 4.79 Å². The van der Waals surface area contributed by atoms with E-state index < -0.39 is 11.9 Å². The Morgan fingerprint density at radius 1 is 1.55 bits per heavy atom. The van der Waals surface area contributed by atoms with E-state index in [1.807, 2.05) is 11.4 Å². The Morgan fingerprint density at radius 3 is 3.00 bits per heavy atom. The lowest BCUT2D eigenvalue weighted by Crippen LogP contribution is -2.48. The number of urea groups is 1. The number of nitrogens with zero attached hydrogens (tertiary/aromatic N) is 2. The molecule has 1 unspecified atom stereocenters. The van der Waals surface area contributed by atoms with Gasteiger partial charge in [0.2, 0.25) is 0 Å². The molecule has 2 rings (SSSR count). The zero-order valence-corrected chi connectivity index (χ0v) is 12.4. The van der Waals surface area contributed by atoms with Gasteiger partial charge < -0.3 is 14.9 Å². The third-order valence-electron chi connectivity index (χ3n) is 3.64. The van der Waals surface area contributed by atoms with Crippen LogP contribution in [0.25, 0.3) is 0 Å². The number of carbonyl (C=O) groups is 2. The van der Waals surface area contributed by atoms with E-state index in [1.165, 1.54) is 4.88 Å². The molecule has 1 N–H and O–H groups in total. The average molecular weight is 296 g/mol. The van der Waals surface area contributed by atoms with Gasteiger partial charge in [-0.1, -0.05) is 6.07 Å². The summed E-state index contributed by atoms with van der Waals surface area (Å²) in [5.74, 6) is -1.22. The highest BCUT2D eigenvalue weighted by Gasteiger charge is 2.29. The van der Waals surface area contributed by atoms with Crippen LogP contribution in [0.3, 0.4) is 0 Å². The molecule has 20 heavy (non-hydrogen) atoms. The highest BCUT2D eigenvalue weighted by atomic mass is 32.1. The van der Waals surface area contributed by atoms with Crippen LogP contribution in [0.5, 0.6) is 0 Å². The minimum atomic E-state index is -0.802. The number of thiophene rings is 1. The van der Waals surface area contributed by atoms with Gasteiger partial charge >= 0.3 is 12.0 Å². The zero-order chi connectivity index (χ0) is 14.5. The topological polar surface area (TPSA) is 60.9 Å². The Hall–Kier alpha value is -1.56. The highest BCUT2D eigenvalue weighted by molar-refractivity contribution is 7.09. The van der Waals surface area contributed by atoms with Crippen molar-refractivity contribution in [3.63, 3.8) is 0 Å². The molecule has 110 valence electrons. The maximum atomic E-state index is 12.3. The molecule has 0 saturated carbocycles. The molecule has 1 aliphatic rings. The molecule has 1 fully saturated rings. The number of hydrogen-bond acceptors (Lipinski definition) is 3. The van der Waals surface area contributed by atoms with E-state index in [-0.39, 0.29) is 6.03 Å². The van der Waals surface area contributed by atoms with Crippen LogP contribution in [0.15, 0.2) is 17.5 Å². The van der Waals surface area contributed by atoms with Crippen LogP contribution in [-0.2, 0) is 11.2 Å². The van der Waals surface area contributed by atoms with Crippen LogP contribution in [0.1, 0.15) is 17.7 Å². The number of aliphatic carboxylic acids is 1. The molecule has 1 atom stereocenters. The number of carbonyl (C=O) groups excluding carboxylic acids is 1. The summed E-state index contributed by atoms with van der Waals surface area (Å²) in [5.41, 5.74) is 0. The third-order valence-corrected chi connectivity index (χ3v) is 4.58. The quantitative estimate of drug-likeness (QED) is 0.926. The Morgan fingerprint density at radius 2 is 2.35 bits per heavy atom. The smallest absolute Gasteiger partial charge is 0.319 e. The molecule has 0 aromatic carbocycles. The summed E-state index contributed by atoms with van der Waals surface area (Å²) in [6.07, 6.45) is 2.27. The monoisotopic (exact) mass is 296 g/mol. The van der Waals surface area contributed by atoms with Crippen LogP contribution in [-0.4, -0.2) is 53.6 Å². The highest BCUT2D eigenvalue weighted by Crippen LogP contribution is 2.18. The Labute approximate surface area is 122 Å². The van der Waals surface area contributed by atoms with Crippen molar-refractivity contribution in [3.8, 4) is 0 Å². The molecule has 0 spiro atoms. The summed E-state index contributed by atoms with van der Waals surface area (Å²) in [5, 5.41) is 11.1. The zero-order valence-electron chi connectivity index (χ0n) is 11.6.